The average Bonchev–Trinajstić information content (AvgIpc) is 2.45. The Balaban J connectivity index is 0.00000220. The molecular formula is C13H20ClN3O3S. The molecule has 21 heavy (non-hydrogen) atoms. The molecule has 0 atom stereocenters. The van der Waals surface area contributed by atoms with Crippen molar-refractivity contribution >= 4 is 28.3 Å². The van der Waals surface area contributed by atoms with Gasteiger partial charge in [-0.3, -0.25) is 4.79 Å². The summed E-state index contributed by atoms with van der Waals surface area (Å²) in [5.41, 5.74) is 0.436. The van der Waals surface area contributed by atoms with Crippen molar-refractivity contribution in [2.45, 2.75) is 17.7 Å². The molecule has 4 N–H and O–H groups in total. The van der Waals surface area contributed by atoms with Crippen LogP contribution in [-0.2, 0) is 10.0 Å². The molecule has 118 valence electrons. The Morgan fingerprint density at radius 2 is 1.81 bits per heavy atom. The number of benzene rings is 1. The number of hydrogen-bond donors (Lipinski definition) is 3. The van der Waals surface area contributed by atoms with Gasteiger partial charge < -0.3 is 10.6 Å². The van der Waals surface area contributed by atoms with E-state index in [1.165, 1.54) is 24.3 Å². The van der Waals surface area contributed by atoms with Gasteiger partial charge >= 0.3 is 0 Å². The Morgan fingerprint density at radius 1 is 1.24 bits per heavy atom. The summed E-state index contributed by atoms with van der Waals surface area (Å²) >= 11 is 0. The highest BCUT2D eigenvalue weighted by Gasteiger charge is 2.15. The number of nitrogens with one attached hydrogen (secondary N) is 2. The first kappa shape index (κ1) is 17.9. The van der Waals surface area contributed by atoms with Gasteiger partial charge in [-0.05, 0) is 56.1 Å². The van der Waals surface area contributed by atoms with Gasteiger partial charge in [-0.15, -0.1) is 12.4 Å². The fraction of sp³-hybridized carbons (Fsp3) is 0.462. The number of sulfonamides is 1. The first-order valence-corrected chi connectivity index (χ1v) is 8.13. The minimum Gasteiger partial charge on any atom is -0.352 e. The zero-order valence-corrected chi connectivity index (χ0v) is 13.2. The summed E-state index contributed by atoms with van der Waals surface area (Å²) in [6, 6.07) is 5.62. The molecular weight excluding hydrogens is 314 g/mol. The zero-order chi connectivity index (χ0) is 14.6. The summed E-state index contributed by atoms with van der Waals surface area (Å²) in [5, 5.41) is 11.2. The largest absolute Gasteiger partial charge is 0.352 e. The molecule has 1 aromatic rings. The van der Waals surface area contributed by atoms with Crippen LogP contribution in [0.25, 0.3) is 0 Å². The maximum Gasteiger partial charge on any atom is 0.251 e. The molecule has 1 aromatic carbocycles. The lowest BCUT2D eigenvalue weighted by atomic mass is 9.98. The average molecular weight is 334 g/mol. The fourth-order valence-electron chi connectivity index (χ4n) is 2.22. The van der Waals surface area contributed by atoms with Gasteiger partial charge in [0.05, 0.1) is 4.90 Å². The van der Waals surface area contributed by atoms with Crippen molar-refractivity contribution in [2.24, 2.45) is 11.1 Å². The highest BCUT2D eigenvalue weighted by Crippen LogP contribution is 2.11. The molecule has 0 radical (unpaired) electrons. The van der Waals surface area contributed by atoms with Crippen LogP contribution in [0.15, 0.2) is 29.2 Å². The second-order valence-electron chi connectivity index (χ2n) is 4.97. The number of carbonyl (C=O) groups is 1. The molecule has 8 heteroatoms. The molecule has 1 aliphatic heterocycles. The quantitative estimate of drug-likeness (QED) is 0.746. The number of nitrogens with two attached hydrogens (primary N) is 1. The van der Waals surface area contributed by atoms with E-state index < -0.39 is 10.0 Å². The van der Waals surface area contributed by atoms with E-state index in [9.17, 15) is 13.2 Å². The predicted molar refractivity (Wildman–Crippen MR) is 83.0 cm³/mol. The molecule has 1 aliphatic rings. The van der Waals surface area contributed by atoms with E-state index in [0.717, 1.165) is 25.9 Å². The summed E-state index contributed by atoms with van der Waals surface area (Å²) in [6.07, 6.45) is 2.12. The normalized spacial score (nSPS) is 16.0. The van der Waals surface area contributed by atoms with Gasteiger partial charge in [0.25, 0.3) is 5.91 Å². The first-order chi connectivity index (χ1) is 9.47. The predicted octanol–water partition coefficient (Wildman–Crippen LogP) is 0.485. The summed E-state index contributed by atoms with van der Waals surface area (Å²) < 4.78 is 22.2. The van der Waals surface area contributed by atoms with Gasteiger partial charge in [-0.1, -0.05) is 0 Å². The lowest BCUT2D eigenvalue weighted by Crippen LogP contribution is -2.35. The van der Waals surface area contributed by atoms with E-state index in [1.54, 1.807) is 0 Å². The molecule has 6 nitrogen and oxygen atoms in total. The highest BCUT2D eigenvalue weighted by molar-refractivity contribution is 7.89. The minimum absolute atomic E-state index is 0. The number of halogens is 1. The van der Waals surface area contributed by atoms with Crippen molar-refractivity contribution in [1.82, 2.24) is 10.6 Å². The number of carbonyl (C=O) groups excluding carboxylic acids is 1. The van der Waals surface area contributed by atoms with E-state index >= 15 is 0 Å². The number of rotatable bonds is 4. The van der Waals surface area contributed by atoms with Crippen molar-refractivity contribution in [2.75, 3.05) is 19.6 Å². The van der Waals surface area contributed by atoms with Gasteiger partial charge in [-0.25, -0.2) is 13.6 Å². The molecule has 0 aliphatic carbocycles. The lowest BCUT2D eigenvalue weighted by molar-refractivity contribution is 0.0944. The standard InChI is InChI=1S/C13H19N3O3S.ClH/c14-20(18,19)12-3-1-11(2-4-12)13(17)16-9-10-5-7-15-8-6-10;/h1-4,10,15H,5-9H2,(H,16,17)(H2,14,18,19);1H. The number of hydrogen-bond acceptors (Lipinski definition) is 4. The maximum absolute atomic E-state index is 11.9. The lowest BCUT2D eigenvalue weighted by Gasteiger charge is -2.22. The molecule has 1 fully saturated rings. The van der Waals surface area contributed by atoms with Crippen molar-refractivity contribution < 1.29 is 13.2 Å². The van der Waals surface area contributed by atoms with Gasteiger partial charge in [-0.2, -0.15) is 0 Å². The van der Waals surface area contributed by atoms with Gasteiger partial charge in [0, 0.05) is 12.1 Å². The maximum atomic E-state index is 11.9. The van der Waals surface area contributed by atoms with Gasteiger partial charge in [0.1, 0.15) is 0 Å². The molecule has 0 unspecified atom stereocenters. The summed E-state index contributed by atoms with van der Waals surface area (Å²) in [5.74, 6) is 0.313. The molecule has 0 spiro atoms. The second kappa shape index (κ2) is 7.74. The van der Waals surface area contributed by atoms with Crippen LogP contribution >= 0.6 is 12.4 Å². The summed E-state index contributed by atoms with van der Waals surface area (Å²) in [4.78, 5) is 11.9. The second-order valence-corrected chi connectivity index (χ2v) is 6.53. The van der Waals surface area contributed by atoms with Crippen molar-refractivity contribution in [3.8, 4) is 0 Å². The van der Waals surface area contributed by atoms with E-state index in [2.05, 4.69) is 10.6 Å². The number of amides is 1. The Hall–Kier alpha value is -1.15. The van der Waals surface area contributed by atoms with Crippen molar-refractivity contribution in [3.63, 3.8) is 0 Å². The van der Waals surface area contributed by atoms with E-state index in [1.807, 2.05) is 0 Å². The van der Waals surface area contributed by atoms with E-state index in [0.29, 0.717) is 18.0 Å². The summed E-state index contributed by atoms with van der Waals surface area (Å²) in [6.45, 7) is 2.63. The Labute approximate surface area is 130 Å². The highest BCUT2D eigenvalue weighted by atomic mass is 35.5. The molecule has 1 saturated heterocycles. The third-order valence-electron chi connectivity index (χ3n) is 3.46. The molecule has 1 heterocycles. The summed E-state index contributed by atoms with van der Waals surface area (Å²) in [7, 11) is -3.71. The minimum atomic E-state index is -3.71. The first-order valence-electron chi connectivity index (χ1n) is 6.58. The Kier molecular flexibility index (Phi) is 6.60. The van der Waals surface area contributed by atoms with Crippen LogP contribution in [0.3, 0.4) is 0 Å². The molecule has 1 amide bonds. The van der Waals surface area contributed by atoms with Crippen LogP contribution < -0.4 is 15.8 Å². The van der Waals surface area contributed by atoms with Crippen LogP contribution in [0.4, 0.5) is 0 Å². The van der Waals surface area contributed by atoms with Crippen LogP contribution in [0.1, 0.15) is 23.2 Å². The monoisotopic (exact) mass is 333 g/mol. The third kappa shape index (κ3) is 5.28. The molecule has 0 bridgehead atoms. The molecule has 0 aromatic heterocycles. The van der Waals surface area contributed by atoms with Crippen LogP contribution in [0.5, 0.6) is 0 Å². The Morgan fingerprint density at radius 3 is 2.33 bits per heavy atom. The molecule has 0 saturated carbocycles. The topological polar surface area (TPSA) is 101 Å². The SMILES string of the molecule is Cl.NS(=O)(=O)c1ccc(C(=O)NCC2CCNCC2)cc1. The molecule has 2 rings (SSSR count). The Bertz CT molecular complexity index is 569. The van der Waals surface area contributed by atoms with Gasteiger partial charge in [0.2, 0.25) is 10.0 Å². The third-order valence-corrected chi connectivity index (χ3v) is 4.38. The van der Waals surface area contributed by atoms with Crippen LogP contribution in [-0.4, -0.2) is 34.0 Å². The number of primary sulfonamides is 1. The fourth-order valence-corrected chi connectivity index (χ4v) is 2.74. The van der Waals surface area contributed by atoms with Crippen molar-refractivity contribution in [1.29, 1.82) is 0 Å². The van der Waals surface area contributed by atoms with E-state index in [-0.39, 0.29) is 23.2 Å². The van der Waals surface area contributed by atoms with E-state index in [4.69, 9.17) is 5.14 Å². The van der Waals surface area contributed by atoms with Crippen LogP contribution in [0.2, 0.25) is 0 Å². The zero-order valence-electron chi connectivity index (χ0n) is 11.5. The van der Waals surface area contributed by atoms with Crippen LogP contribution in [0, 0.1) is 5.92 Å². The number of piperidine rings is 1. The van der Waals surface area contributed by atoms with Crippen molar-refractivity contribution in [3.05, 3.63) is 29.8 Å². The van der Waals surface area contributed by atoms with Gasteiger partial charge in [0.15, 0.2) is 0 Å². The smallest absolute Gasteiger partial charge is 0.251 e.